The minimum Gasteiger partial charge on any atom is -0.326 e. The van der Waals surface area contributed by atoms with E-state index in [1.54, 1.807) is 0 Å². The van der Waals surface area contributed by atoms with Gasteiger partial charge in [-0.1, -0.05) is 31.4 Å². The summed E-state index contributed by atoms with van der Waals surface area (Å²) in [7, 11) is 0. The second-order valence-electron chi connectivity index (χ2n) is 4.69. The summed E-state index contributed by atoms with van der Waals surface area (Å²) in [6.45, 7) is 2.82. The fourth-order valence-corrected chi connectivity index (χ4v) is 3.79. The molecule has 2 rings (SSSR count). The van der Waals surface area contributed by atoms with Crippen molar-refractivity contribution in [1.82, 2.24) is 0 Å². The molecule has 0 amide bonds. The minimum atomic E-state index is 0.662. The van der Waals surface area contributed by atoms with Gasteiger partial charge >= 0.3 is 0 Å². The summed E-state index contributed by atoms with van der Waals surface area (Å²) >= 11 is 2.05. The van der Waals surface area contributed by atoms with Crippen LogP contribution in [0.2, 0.25) is 0 Å². The molecule has 0 unspecified atom stereocenters. The number of hydrogen-bond acceptors (Lipinski definition) is 2. The van der Waals surface area contributed by atoms with E-state index in [-0.39, 0.29) is 0 Å². The summed E-state index contributed by atoms with van der Waals surface area (Å²) in [5.41, 5.74) is 8.44. The lowest BCUT2D eigenvalue weighted by molar-refractivity contribution is 0.516. The van der Waals surface area contributed by atoms with Crippen molar-refractivity contribution in [1.29, 1.82) is 0 Å². The van der Waals surface area contributed by atoms with E-state index in [1.165, 1.54) is 48.1 Å². The van der Waals surface area contributed by atoms with Crippen LogP contribution in [0.5, 0.6) is 0 Å². The molecule has 0 saturated heterocycles. The third kappa shape index (κ3) is 3.02. The zero-order valence-electron chi connectivity index (χ0n) is 10.0. The highest BCUT2D eigenvalue weighted by Crippen LogP contribution is 2.35. The Morgan fingerprint density at radius 2 is 2.00 bits per heavy atom. The fourth-order valence-electron chi connectivity index (χ4n) is 2.30. The number of thioether (sulfide) groups is 1. The third-order valence-corrected chi connectivity index (χ3v) is 4.73. The molecule has 2 heteroatoms. The maximum atomic E-state index is 5.79. The highest BCUT2D eigenvalue weighted by atomic mass is 32.2. The molecule has 0 bridgehead atoms. The number of nitrogens with two attached hydrogens (primary N) is 1. The Kier molecular flexibility index (Phi) is 4.30. The molecule has 0 spiro atoms. The Labute approximate surface area is 103 Å². The van der Waals surface area contributed by atoms with Crippen molar-refractivity contribution in [3.63, 3.8) is 0 Å². The van der Waals surface area contributed by atoms with Gasteiger partial charge in [0.15, 0.2) is 0 Å². The largest absolute Gasteiger partial charge is 0.326 e. The number of aryl methyl sites for hydroxylation is 1. The zero-order chi connectivity index (χ0) is 11.4. The van der Waals surface area contributed by atoms with Gasteiger partial charge < -0.3 is 5.73 Å². The Bertz CT molecular complexity index is 343. The van der Waals surface area contributed by atoms with Crippen molar-refractivity contribution in [2.45, 2.75) is 55.7 Å². The second kappa shape index (κ2) is 5.74. The van der Waals surface area contributed by atoms with Gasteiger partial charge in [-0.3, -0.25) is 0 Å². The van der Waals surface area contributed by atoms with Crippen LogP contribution in [0.25, 0.3) is 0 Å². The van der Waals surface area contributed by atoms with Gasteiger partial charge in [0, 0.05) is 16.7 Å². The van der Waals surface area contributed by atoms with Gasteiger partial charge in [-0.25, -0.2) is 0 Å². The Morgan fingerprint density at radius 3 is 2.69 bits per heavy atom. The van der Waals surface area contributed by atoms with Crippen LogP contribution < -0.4 is 5.73 Å². The van der Waals surface area contributed by atoms with Crippen LogP contribution in [0.3, 0.4) is 0 Å². The van der Waals surface area contributed by atoms with Crippen molar-refractivity contribution >= 4 is 11.8 Å². The van der Waals surface area contributed by atoms with E-state index in [0.29, 0.717) is 6.54 Å². The Hall–Kier alpha value is -0.470. The molecule has 1 aromatic carbocycles. The Balaban J connectivity index is 2.09. The van der Waals surface area contributed by atoms with E-state index in [0.717, 1.165) is 5.25 Å². The molecule has 0 aliphatic heterocycles. The third-order valence-electron chi connectivity index (χ3n) is 3.29. The van der Waals surface area contributed by atoms with E-state index in [4.69, 9.17) is 5.73 Å². The predicted molar refractivity (Wildman–Crippen MR) is 71.8 cm³/mol. The first-order valence-electron chi connectivity index (χ1n) is 6.26. The predicted octanol–water partition coefficient (Wildman–Crippen LogP) is 3.88. The van der Waals surface area contributed by atoms with Gasteiger partial charge in [-0.2, -0.15) is 0 Å². The van der Waals surface area contributed by atoms with Crippen LogP contribution in [-0.4, -0.2) is 5.25 Å². The number of rotatable bonds is 3. The summed E-state index contributed by atoms with van der Waals surface area (Å²) in [6, 6.07) is 6.63. The van der Waals surface area contributed by atoms with Crippen LogP contribution in [0.4, 0.5) is 0 Å². The van der Waals surface area contributed by atoms with Crippen LogP contribution in [-0.2, 0) is 6.54 Å². The fraction of sp³-hybridized carbons (Fsp3) is 0.571. The maximum Gasteiger partial charge on any atom is 0.0189 e. The highest BCUT2D eigenvalue weighted by molar-refractivity contribution is 8.00. The summed E-state index contributed by atoms with van der Waals surface area (Å²) in [5.74, 6) is 0. The second-order valence-corrected chi connectivity index (χ2v) is 6.04. The quantitative estimate of drug-likeness (QED) is 0.860. The molecular formula is C14H21NS. The molecule has 88 valence electrons. The standard InChI is InChI=1S/C14H21NS/c1-11-7-8-12(10-15)14(9-11)16-13-5-3-2-4-6-13/h7-9,13H,2-6,10,15H2,1H3. The lowest BCUT2D eigenvalue weighted by atomic mass is 10.0. The van der Waals surface area contributed by atoms with Crippen molar-refractivity contribution in [2.24, 2.45) is 5.73 Å². The van der Waals surface area contributed by atoms with Gasteiger partial charge in [0.05, 0.1) is 0 Å². The van der Waals surface area contributed by atoms with Crippen LogP contribution in [0.1, 0.15) is 43.2 Å². The lowest BCUT2D eigenvalue weighted by Crippen LogP contribution is -2.09. The van der Waals surface area contributed by atoms with Crippen LogP contribution >= 0.6 is 11.8 Å². The first kappa shape index (κ1) is 12.0. The molecule has 1 aromatic rings. The molecule has 1 aliphatic carbocycles. The molecule has 0 aromatic heterocycles. The van der Waals surface area contributed by atoms with E-state index < -0.39 is 0 Å². The average Bonchev–Trinajstić information content (AvgIpc) is 2.31. The van der Waals surface area contributed by atoms with Crippen molar-refractivity contribution < 1.29 is 0 Å². The highest BCUT2D eigenvalue weighted by Gasteiger charge is 2.15. The molecule has 1 fully saturated rings. The monoisotopic (exact) mass is 235 g/mol. The van der Waals surface area contributed by atoms with Gasteiger partial charge in [-0.05, 0) is 37.0 Å². The summed E-state index contributed by atoms with van der Waals surface area (Å²) in [6.07, 6.45) is 6.99. The van der Waals surface area contributed by atoms with Gasteiger partial charge in [0.1, 0.15) is 0 Å². The molecule has 1 aliphatic rings. The molecule has 16 heavy (non-hydrogen) atoms. The molecule has 0 radical (unpaired) electrons. The van der Waals surface area contributed by atoms with Crippen molar-refractivity contribution in [3.8, 4) is 0 Å². The van der Waals surface area contributed by atoms with Crippen LogP contribution in [0.15, 0.2) is 23.1 Å². The summed E-state index contributed by atoms with van der Waals surface area (Å²) < 4.78 is 0. The minimum absolute atomic E-state index is 0.662. The van der Waals surface area contributed by atoms with E-state index in [1.807, 2.05) is 11.8 Å². The number of hydrogen-bond donors (Lipinski definition) is 1. The molecule has 2 N–H and O–H groups in total. The van der Waals surface area contributed by atoms with Gasteiger partial charge in [0.25, 0.3) is 0 Å². The van der Waals surface area contributed by atoms with E-state index in [9.17, 15) is 0 Å². The topological polar surface area (TPSA) is 26.0 Å². The van der Waals surface area contributed by atoms with Gasteiger partial charge in [0.2, 0.25) is 0 Å². The molecule has 1 saturated carbocycles. The van der Waals surface area contributed by atoms with E-state index in [2.05, 4.69) is 25.1 Å². The molecule has 0 heterocycles. The zero-order valence-corrected chi connectivity index (χ0v) is 10.9. The Morgan fingerprint density at radius 1 is 1.25 bits per heavy atom. The van der Waals surface area contributed by atoms with Gasteiger partial charge in [-0.15, -0.1) is 11.8 Å². The molecule has 0 atom stereocenters. The van der Waals surface area contributed by atoms with Crippen molar-refractivity contribution in [2.75, 3.05) is 0 Å². The van der Waals surface area contributed by atoms with Crippen LogP contribution in [0, 0.1) is 6.92 Å². The first-order valence-corrected chi connectivity index (χ1v) is 7.14. The molecule has 1 nitrogen and oxygen atoms in total. The SMILES string of the molecule is Cc1ccc(CN)c(SC2CCCCC2)c1. The average molecular weight is 235 g/mol. The molecular weight excluding hydrogens is 214 g/mol. The normalized spacial score (nSPS) is 17.6. The summed E-state index contributed by atoms with van der Waals surface area (Å²) in [4.78, 5) is 1.41. The van der Waals surface area contributed by atoms with Crippen molar-refractivity contribution in [3.05, 3.63) is 29.3 Å². The number of benzene rings is 1. The first-order chi connectivity index (χ1) is 7.79. The summed E-state index contributed by atoms with van der Waals surface area (Å²) in [5, 5.41) is 0.820. The smallest absolute Gasteiger partial charge is 0.0189 e. The van der Waals surface area contributed by atoms with E-state index >= 15 is 0 Å². The maximum absolute atomic E-state index is 5.79. The lowest BCUT2D eigenvalue weighted by Gasteiger charge is -2.22.